The SMILES string of the molecule is O=C(c1ccc(F)cc1)N1CC[C@]2(C[C@H](Oc3cccnc3)CO2)C1. The molecule has 1 spiro atoms. The lowest BCUT2D eigenvalue weighted by Gasteiger charge is -2.23. The first-order valence-electron chi connectivity index (χ1n) is 8.39. The van der Waals surface area contributed by atoms with E-state index in [-0.39, 0.29) is 23.4 Å². The summed E-state index contributed by atoms with van der Waals surface area (Å²) in [6, 6.07) is 9.36. The van der Waals surface area contributed by atoms with Crippen LogP contribution >= 0.6 is 0 Å². The average Bonchev–Trinajstić information content (AvgIpc) is 3.23. The van der Waals surface area contributed by atoms with Gasteiger partial charge in [-0.1, -0.05) is 0 Å². The minimum Gasteiger partial charge on any atom is -0.486 e. The molecule has 2 atom stereocenters. The summed E-state index contributed by atoms with van der Waals surface area (Å²) >= 11 is 0. The minimum absolute atomic E-state index is 0.0370. The van der Waals surface area contributed by atoms with E-state index >= 15 is 0 Å². The predicted octanol–water partition coefficient (Wildman–Crippen LogP) is 2.67. The van der Waals surface area contributed by atoms with Gasteiger partial charge in [-0.2, -0.15) is 0 Å². The third-order valence-electron chi connectivity index (χ3n) is 4.81. The van der Waals surface area contributed by atoms with E-state index in [4.69, 9.17) is 9.47 Å². The van der Waals surface area contributed by atoms with E-state index in [2.05, 4.69) is 4.98 Å². The Hall–Kier alpha value is -2.47. The molecule has 2 aromatic rings. The highest BCUT2D eigenvalue weighted by Gasteiger charge is 2.47. The largest absolute Gasteiger partial charge is 0.486 e. The molecule has 130 valence electrons. The van der Waals surface area contributed by atoms with Crippen LogP contribution in [0.2, 0.25) is 0 Å². The lowest BCUT2D eigenvalue weighted by atomic mass is 9.98. The Labute approximate surface area is 145 Å². The van der Waals surface area contributed by atoms with Crippen LogP contribution in [0.5, 0.6) is 5.75 Å². The van der Waals surface area contributed by atoms with Gasteiger partial charge >= 0.3 is 0 Å². The quantitative estimate of drug-likeness (QED) is 0.861. The highest BCUT2D eigenvalue weighted by Crippen LogP contribution is 2.37. The number of halogens is 1. The molecule has 0 bridgehead atoms. The smallest absolute Gasteiger partial charge is 0.253 e. The van der Waals surface area contributed by atoms with Crippen LogP contribution in [0.3, 0.4) is 0 Å². The van der Waals surface area contributed by atoms with Crippen LogP contribution < -0.4 is 4.74 Å². The number of benzene rings is 1. The number of amides is 1. The number of nitrogens with zero attached hydrogens (tertiary/aromatic N) is 2. The second kappa shape index (κ2) is 6.44. The summed E-state index contributed by atoms with van der Waals surface area (Å²) in [5, 5.41) is 0. The normalized spacial score (nSPS) is 25.5. The van der Waals surface area contributed by atoms with Gasteiger partial charge in [0.2, 0.25) is 0 Å². The zero-order valence-electron chi connectivity index (χ0n) is 13.7. The lowest BCUT2D eigenvalue weighted by Crippen LogP contribution is -2.36. The molecule has 0 saturated carbocycles. The van der Waals surface area contributed by atoms with E-state index in [1.54, 1.807) is 17.3 Å². The standard InChI is InChI=1S/C19H19FN2O3/c20-15-5-3-14(4-6-15)18(23)22-9-7-19(13-22)10-17(12-24-19)25-16-2-1-8-21-11-16/h1-6,8,11,17H,7,9-10,12-13H2/t17-,19-/m0/s1. The molecule has 1 aromatic carbocycles. The van der Waals surface area contributed by atoms with Crippen molar-refractivity contribution in [1.82, 2.24) is 9.88 Å². The van der Waals surface area contributed by atoms with Gasteiger partial charge in [0.1, 0.15) is 17.7 Å². The number of hydrogen-bond acceptors (Lipinski definition) is 4. The van der Waals surface area contributed by atoms with E-state index in [9.17, 15) is 9.18 Å². The second-order valence-electron chi connectivity index (χ2n) is 6.61. The van der Waals surface area contributed by atoms with Gasteiger partial charge < -0.3 is 14.4 Å². The van der Waals surface area contributed by atoms with Crippen molar-refractivity contribution in [2.24, 2.45) is 0 Å². The van der Waals surface area contributed by atoms with Crippen LogP contribution in [0.25, 0.3) is 0 Å². The number of ether oxygens (including phenoxy) is 2. The van der Waals surface area contributed by atoms with Gasteiger partial charge in [0.05, 0.1) is 24.9 Å². The summed E-state index contributed by atoms with van der Waals surface area (Å²) in [7, 11) is 0. The van der Waals surface area contributed by atoms with Crippen LogP contribution in [0.1, 0.15) is 23.2 Å². The summed E-state index contributed by atoms with van der Waals surface area (Å²) in [5.74, 6) is 0.298. The Morgan fingerprint density at radius 2 is 2.16 bits per heavy atom. The van der Waals surface area contributed by atoms with E-state index in [0.717, 1.165) is 18.6 Å². The number of aromatic nitrogens is 1. The molecular formula is C19H19FN2O3. The molecule has 2 saturated heterocycles. The summed E-state index contributed by atoms with van der Waals surface area (Å²) in [6.45, 7) is 1.68. The Kier molecular flexibility index (Phi) is 4.13. The maximum Gasteiger partial charge on any atom is 0.253 e. The molecule has 4 rings (SSSR count). The lowest BCUT2D eigenvalue weighted by molar-refractivity contribution is 0.00995. The maximum atomic E-state index is 13.0. The fourth-order valence-corrected chi connectivity index (χ4v) is 3.56. The molecule has 25 heavy (non-hydrogen) atoms. The first-order valence-corrected chi connectivity index (χ1v) is 8.39. The zero-order valence-corrected chi connectivity index (χ0v) is 13.7. The average molecular weight is 342 g/mol. The van der Waals surface area contributed by atoms with Crippen molar-refractivity contribution in [2.45, 2.75) is 24.5 Å². The van der Waals surface area contributed by atoms with Crippen LogP contribution in [0.4, 0.5) is 4.39 Å². The van der Waals surface area contributed by atoms with Crippen LogP contribution in [0.15, 0.2) is 48.8 Å². The number of carbonyl (C=O) groups is 1. The summed E-state index contributed by atoms with van der Waals surface area (Å²) < 4.78 is 25.0. The van der Waals surface area contributed by atoms with Crippen LogP contribution in [-0.2, 0) is 4.74 Å². The van der Waals surface area contributed by atoms with Gasteiger partial charge in [-0.3, -0.25) is 9.78 Å². The van der Waals surface area contributed by atoms with E-state index in [0.29, 0.717) is 25.3 Å². The van der Waals surface area contributed by atoms with Crippen molar-refractivity contribution in [3.8, 4) is 5.75 Å². The molecule has 2 aliphatic heterocycles. The van der Waals surface area contributed by atoms with Crippen molar-refractivity contribution in [2.75, 3.05) is 19.7 Å². The van der Waals surface area contributed by atoms with Crippen LogP contribution in [-0.4, -0.2) is 47.2 Å². The third kappa shape index (κ3) is 3.35. The van der Waals surface area contributed by atoms with Gasteiger partial charge in [0.25, 0.3) is 5.91 Å². The summed E-state index contributed by atoms with van der Waals surface area (Å²) in [5.41, 5.74) is 0.155. The number of likely N-dealkylation sites (tertiary alicyclic amines) is 1. The molecule has 6 heteroatoms. The highest BCUT2D eigenvalue weighted by molar-refractivity contribution is 5.94. The van der Waals surface area contributed by atoms with Crippen molar-refractivity contribution >= 4 is 5.91 Å². The Morgan fingerprint density at radius 1 is 1.32 bits per heavy atom. The van der Waals surface area contributed by atoms with Gasteiger partial charge in [-0.05, 0) is 42.8 Å². The fourth-order valence-electron chi connectivity index (χ4n) is 3.56. The molecular weight excluding hydrogens is 323 g/mol. The van der Waals surface area contributed by atoms with E-state index < -0.39 is 0 Å². The highest BCUT2D eigenvalue weighted by atomic mass is 19.1. The molecule has 1 aromatic heterocycles. The first kappa shape index (κ1) is 16.0. The molecule has 3 heterocycles. The van der Waals surface area contributed by atoms with Gasteiger partial charge in [0, 0.05) is 24.7 Å². The first-order chi connectivity index (χ1) is 12.1. The molecule has 2 fully saturated rings. The Balaban J connectivity index is 1.38. The molecule has 0 unspecified atom stereocenters. The second-order valence-corrected chi connectivity index (χ2v) is 6.61. The zero-order chi connectivity index (χ0) is 17.3. The molecule has 1 amide bonds. The van der Waals surface area contributed by atoms with E-state index in [1.807, 2.05) is 12.1 Å². The monoisotopic (exact) mass is 342 g/mol. The van der Waals surface area contributed by atoms with Crippen molar-refractivity contribution in [1.29, 1.82) is 0 Å². The molecule has 5 nitrogen and oxygen atoms in total. The predicted molar refractivity (Wildman–Crippen MR) is 88.9 cm³/mol. The Morgan fingerprint density at radius 3 is 2.92 bits per heavy atom. The molecule has 0 aliphatic carbocycles. The maximum absolute atomic E-state index is 13.0. The minimum atomic E-state index is -0.345. The number of hydrogen-bond donors (Lipinski definition) is 0. The number of carbonyl (C=O) groups excluding carboxylic acids is 1. The third-order valence-corrected chi connectivity index (χ3v) is 4.81. The topological polar surface area (TPSA) is 51.7 Å². The molecule has 0 radical (unpaired) electrons. The molecule has 0 N–H and O–H groups in total. The fraction of sp³-hybridized carbons (Fsp3) is 0.368. The number of rotatable bonds is 3. The van der Waals surface area contributed by atoms with Crippen LogP contribution in [0, 0.1) is 5.82 Å². The van der Waals surface area contributed by atoms with Crippen molar-refractivity contribution in [3.63, 3.8) is 0 Å². The number of pyridine rings is 1. The summed E-state index contributed by atoms with van der Waals surface area (Å²) in [4.78, 5) is 18.4. The van der Waals surface area contributed by atoms with Gasteiger partial charge in [-0.15, -0.1) is 0 Å². The summed E-state index contributed by atoms with van der Waals surface area (Å²) in [6.07, 6.45) is 4.88. The molecule has 2 aliphatic rings. The van der Waals surface area contributed by atoms with Crippen molar-refractivity contribution < 1.29 is 18.7 Å². The van der Waals surface area contributed by atoms with Gasteiger partial charge in [-0.25, -0.2) is 4.39 Å². The van der Waals surface area contributed by atoms with E-state index in [1.165, 1.54) is 24.3 Å². The van der Waals surface area contributed by atoms with Crippen molar-refractivity contribution in [3.05, 3.63) is 60.2 Å². The Bertz CT molecular complexity index is 753. The van der Waals surface area contributed by atoms with Gasteiger partial charge in [0.15, 0.2) is 0 Å².